The average molecular weight is 274 g/mol. The second-order valence-electron chi connectivity index (χ2n) is 2.17. The minimum atomic E-state index is 0. The van der Waals surface area contributed by atoms with Crippen molar-refractivity contribution in [1.82, 2.24) is 4.98 Å². The van der Waals surface area contributed by atoms with Gasteiger partial charge in [-0.25, -0.2) is 4.98 Å². The summed E-state index contributed by atoms with van der Waals surface area (Å²) in [5.41, 5.74) is 6.51. The molecule has 2 nitrogen and oxygen atoms in total. The highest BCUT2D eigenvalue weighted by Gasteiger charge is 1.98. The number of nitrogens with zero attached hydrogens (tertiary/aromatic N) is 1. The molecule has 0 aromatic carbocycles. The maximum atomic E-state index is 5.60. The summed E-state index contributed by atoms with van der Waals surface area (Å²) in [5.74, 6) is 0. The summed E-state index contributed by atoms with van der Waals surface area (Å²) in [6, 6.07) is 5.73. The minimum absolute atomic E-state index is 0. The van der Waals surface area contributed by atoms with E-state index in [-0.39, 0.29) is 30.9 Å². The van der Waals surface area contributed by atoms with Crippen LogP contribution in [0.15, 0.2) is 22.8 Å². The molecule has 1 aromatic heterocycles. The zero-order valence-electron chi connectivity index (χ0n) is 6.53. The molecule has 0 bridgehead atoms. The van der Waals surface area contributed by atoms with Crippen LogP contribution in [0.5, 0.6) is 0 Å². The first-order chi connectivity index (χ1) is 4.70. The van der Waals surface area contributed by atoms with E-state index in [1.807, 2.05) is 25.1 Å². The number of hydrogen-bond donors (Lipinski definition) is 1. The molecule has 0 fully saturated rings. The third kappa shape index (κ3) is 4.26. The molecule has 1 heterocycles. The van der Waals surface area contributed by atoms with E-state index in [1.165, 1.54) is 0 Å². The zero-order valence-corrected chi connectivity index (χ0v) is 9.75. The highest BCUT2D eigenvalue weighted by molar-refractivity contribution is 9.10. The molecule has 70 valence electrons. The molecule has 1 aromatic rings. The summed E-state index contributed by atoms with van der Waals surface area (Å²) < 4.78 is 0.835. The van der Waals surface area contributed by atoms with Crippen molar-refractivity contribution in [2.45, 2.75) is 13.0 Å². The molecule has 2 N–H and O–H groups in total. The van der Waals surface area contributed by atoms with Gasteiger partial charge >= 0.3 is 0 Å². The third-order valence-electron chi connectivity index (χ3n) is 1.20. The molecule has 1 atom stereocenters. The molecule has 12 heavy (non-hydrogen) atoms. The Bertz CT molecular complexity index is 230. The fourth-order valence-corrected chi connectivity index (χ4v) is 1.03. The summed E-state index contributed by atoms with van der Waals surface area (Å²) in [6.45, 7) is 1.91. The molecule has 0 aliphatic rings. The number of pyridine rings is 1. The van der Waals surface area contributed by atoms with Crippen molar-refractivity contribution in [2.24, 2.45) is 5.73 Å². The Morgan fingerprint density at radius 2 is 2.00 bits per heavy atom. The fraction of sp³-hybridized carbons (Fsp3) is 0.286. The van der Waals surface area contributed by atoms with Crippen LogP contribution in [0.4, 0.5) is 0 Å². The van der Waals surface area contributed by atoms with Crippen LogP contribution in [0.3, 0.4) is 0 Å². The highest BCUT2D eigenvalue weighted by atomic mass is 79.9. The molecule has 5 heteroatoms. The van der Waals surface area contributed by atoms with E-state index in [4.69, 9.17) is 5.73 Å². The lowest BCUT2D eigenvalue weighted by atomic mass is 10.2. The normalized spacial score (nSPS) is 10.9. The predicted molar refractivity (Wildman–Crippen MR) is 59.0 cm³/mol. The Morgan fingerprint density at radius 1 is 1.42 bits per heavy atom. The van der Waals surface area contributed by atoms with Crippen LogP contribution in [-0.4, -0.2) is 4.98 Å². The van der Waals surface area contributed by atoms with Crippen molar-refractivity contribution in [3.05, 3.63) is 28.5 Å². The molecule has 0 amide bonds. The van der Waals surface area contributed by atoms with E-state index in [1.54, 1.807) is 0 Å². The molecule has 1 rings (SSSR count). The highest BCUT2D eigenvalue weighted by Crippen LogP contribution is 2.10. The van der Waals surface area contributed by atoms with Crippen LogP contribution < -0.4 is 5.73 Å². The van der Waals surface area contributed by atoms with Gasteiger partial charge in [0, 0.05) is 6.04 Å². The van der Waals surface area contributed by atoms with Crippen molar-refractivity contribution in [2.75, 3.05) is 0 Å². The Balaban J connectivity index is 0. The maximum absolute atomic E-state index is 5.60. The monoisotopic (exact) mass is 272 g/mol. The lowest BCUT2D eigenvalue weighted by molar-refractivity contribution is 0.778. The van der Waals surface area contributed by atoms with Gasteiger partial charge < -0.3 is 5.73 Å². The lowest BCUT2D eigenvalue weighted by Gasteiger charge is -2.02. The van der Waals surface area contributed by atoms with Gasteiger partial charge in [-0.2, -0.15) is 0 Å². The summed E-state index contributed by atoms with van der Waals surface area (Å²) in [7, 11) is 0. The SMILES string of the molecule is CC(N)c1cccc(Br)n1.Cl.Cl. The Kier molecular flexibility index (Phi) is 8.15. The smallest absolute Gasteiger partial charge is 0.106 e. The zero-order chi connectivity index (χ0) is 7.56. The van der Waals surface area contributed by atoms with Gasteiger partial charge in [0.05, 0.1) is 5.69 Å². The summed E-state index contributed by atoms with van der Waals surface area (Å²) in [4.78, 5) is 4.16. The van der Waals surface area contributed by atoms with E-state index in [9.17, 15) is 0 Å². The van der Waals surface area contributed by atoms with E-state index >= 15 is 0 Å². The van der Waals surface area contributed by atoms with Gasteiger partial charge in [0.2, 0.25) is 0 Å². The largest absolute Gasteiger partial charge is 0.323 e. The van der Waals surface area contributed by atoms with Gasteiger partial charge in [0.1, 0.15) is 4.60 Å². The summed E-state index contributed by atoms with van der Waals surface area (Å²) in [5, 5.41) is 0. The van der Waals surface area contributed by atoms with Crippen LogP contribution in [0, 0.1) is 0 Å². The third-order valence-corrected chi connectivity index (χ3v) is 1.64. The molecule has 0 aliphatic carbocycles. The molecule has 0 spiro atoms. The molecule has 0 radical (unpaired) electrons. The molecule has 0 saturated heterocycles. The van der Waals surface area contributed by atoms with E-state index in [0.717, 1.165) is 10.3 Å². The second-order valence-corrected chi connectivity index (χ2v) is 2.99. The molecular weight excluding hydrogens is 263 g/mol. The Hall–Kier alpha value is 0.170. The first-order valence-electron chi connectivity index (χ1n) is 3.08. The van der Waals surface area contributed by atoms with Gasteiger partial charge in [-0.1, -0.05) is 6.07 Å². The van der Waals surface area contributed by atoms with E-state index in [2.05, 4.69) is 20.9 Å². The van der Waals surface area contributed by atoms with E-state index in [0.29, 0.717) is 0 Å². The topological polar surface area (TPSA) is 38.9 Å². The van der Waals surface area contributed by atoms with Crippen LogP contribution in [-0.2, 0) is 0 Å². The van der Waals surface area contributed by atoms with Gasteiger partial charge in [-0.3, -0.25) is 0 Å². The van der Waals surface area contributed by atoms with Crippen molar-refractivity contribution >= 4 is 40.7 Å². The first kappa shape index (κ1) is 14.7. The Morgan fingerprint density at radius 3 is 2.33 bits per heavy atom. The summed E-state index contributed by atoms with van der Waals surface area (Å²) in [6.07, 6.45) is 0. The maximum Gasteiger partial charge on any atom is 0.106 e. The Labute approximate surface area is 92.9 Å². The number of aromatic nitrogens is 1. The molecule has 1 unspecified atom stereocenters. The van der Waals surface area contributed by atoms with Gasteiger partial charge in [0.25, 0.3) is 0 Å². The van der Waals surface area contributed by atoms with Crippen LogP contribution >= 0.6 is 40.7 Å². The molecular formula is C7H11BrCl2N2. The quantitative estimate of drug-likeness (QED) is 0.799. The van der Waals surface area contributed by atoms with Crippen LogP contribution in [0.1, 0.15) is 18.7 Å². The van der Waals surface area contributed by atoms with E-state index < -0.39 is 0 Å². The number of nitrogens with two attached hydrogens (primary N) is 1. The van der Waals surface area contributed by atoms with Crippen molar-refractivity contribution in [3.8, 4) is 0 Å². The van der Waals surface area contributed by atoms with Crippen LogP contribution in [0.2, 0.25) is 0 Å². The number of halogens is 3. The fourth-order valence-electron chi connectivity index (χ4n) is 0.678. The lowest BCUT2D eigenvalue weighted by Crippen LogP contribution is -2.06. The number of rotatable bonds is 1. The van der Waals surface area contributed by atoms with Gasteiger partial charge in [-0.05, 0) is 35.0 Å². The molecule has 0 saturated carbocycles. The second kappa shape index (κ2) is 6.66. The predicted octanol–water partition coefficient (Wildman–Crippen LogP) is 2.71. The average Bonchev–Trinajstić information content (AvgIpc) is 1.88. The van der Waals surface area contributed by atoms with Gasteiger partial charge in [-0.15, -0.1) is 24.8 Å². The molecule has 0 aliphatic heterocycles. The minimum Gasteiger partial charge on any atom is -0.323 e. The number of hydrogen-bond acceptors (Lipinski definition) is 2. The van der Waals surface area contributed by atoms with Crippen molar-refractivity contribution < 1.29 is 0 Å². The summed E-state index contributed by atoms with van der Waals surface area (Å²) >= 11 is 3.26. The van der Waals surface area contributed by atoms with Gasteiger partial charge in [0.15, 0.2) is 0 Å². The standard InChI is InChI=1S/C7H9BrN2.2ClH/c1-5(9)6-3-2-4-7(8)10-6;;/h2-5H,9H2,1H3;2*1H. The van der Waals surface area contributed by atoms with Crippen molar-refractivity contribution in [1.29, 1.82) is 0 Å². The first-order valence-corrected chi connectivity index (χ1v) is 3.87. The van der Waals surface area contributed by atoms with Crippen LogP contribution in [0.25, 0.3) is 0 Å². The van der Waals surface area contributed by atoms with Crippen molar-refractivity contribution in [3.63, 3.8) is 0 Å².